The first-order valence-electron chi connectivity index (χ1n) is 9.08. The molecular formula is C20H23N7O2. The molecule has 0 spiro atoms. The maximum absolute atomic E-state index is 11.9. The van der Waals surface area contributed by atoms with Gasteiger partial charge in [0, 0.05) is 30.5 Å². The number of nitrogens with zero attached hydrogens (tertiary/aromatic N) is 4. The Labute approximate surface area is 168 Å². The van der Waals surface area contributed by atoms with Crippen LogP contribution in [0.3, 0.4) is 0 Å². The Kier molecular flexibility index (Phi) is 5.58. The van der Waals surface area contributed by atoms with Gasteiger partial charge in [0.25, 0.3) is 5.91 Å². The van der Waals surface area contributed by atoms with Crippen molar-refractivity contribution in [2.45, 2.75) is 19.9 Å². The molecule has 0 aliphatic rings. The topological polar surface area (TPSA) is 140 Å². The van der Waals surface area contributed by atoms with Crippen LogP contribution in [0.1, 0.15) is 24.2 Å². The van der Waals surface area contributed by atoms with Crippen molar-refractivity contribution in [2.24, 2.45) is 17.4 Å². The zero-order valence-corrected chi connectivity index (χ0v) is 16.5. The molecule has 29 heavy (non-hydrogen) atoms. The Hall–Kier alpha value is -3.75. The molecule has 9 nitrogen and oxygen atoms in total. The lowest BCUT2D eigenvalue weighted by atomic mass is 10.0. The highest BCUT2D eigenvalue weighted by atomic mass is 16.1. The fourth-order valence-electron chi connectivity index (χ4n) is 3.20. The third-order valence-electron chi connectivity index (χ3n) is 4.56. The van der Waals surface area contributed by atoms with Crippen LogP contribution in [-0.2, 0) is 4.79 Å². The van der Waals surface area contributed by atoms with Crippen LogP contribution in [0.5, 0.6) is 0 Å². The van der Waals surface area contributed by atoms with Crippen molar-refractivity contribution in [1.82, 2.24) is 15.0 Å². The number of aromatic nitrogens is 3. The summed E-state index contributed by atoms with van der Waals surface area (Å²) in [4.78, 5) is 38.2. The van der Waals surface area contributed by atoms with E-state index in [2.05, 4.69) is 20.3 Å². The fourth-order valence-corrected chi connectivity index (χ4v) is 3.20. The lowest BCUT2D eigenvalue weighted by molar-refractivity contribution is -0.120. The number of carbonyl (C=O) groups excluding carboxylic acids is 2. The SMILES string of the molecule is CC(C)C(C(N)=O)N(C)c1ncc(C(N)=O)c(Nc2ccc3ncccc3c2)n1. The summed E-state index contributed by atoms with van der Waals surface area (Å²) >= 11 is 0. The van der Waals surface area contributed by atoms with Crippen LogP contribution >= 0.6 is 0 Å². The van der Waals surface area contributed by atoms with Gasteiger partial charge in [0.05, 0.1) is 5.52 Å². The molecule has 5 N–H and O–H groups in total. The number of benzene rings is 1. The number of likely N-dealkylation sites (N-methyl/N-ethyl adjacent to an activating group) is 1. The van der Waals surface area contributed by atoms with E-state index in [9.17, 15) is 9.59 Å². The number of hydrogen-bond donors (Lipinski definition) is 3. The minimum Gasteiger partial charge on any atom is -0.368 e. The van der Waals surface area contributed by atoms with Gasteiger partial charge >= 0.3 is 0 Å². The predicted molar refractivity (Wildman–Crippen MR) is 112 cm³/mol. The molecule has 2 amide bonds. The quantitative estimate of drug-likeness (QED) is 0.556. The first kappa shape index (κ1) is 20.0. The van der Waals surface area contributed by atoms with Crippen LogP contribution in [0.15, 0.2) is 42.7 Å². The summed E-state index contributed by atoms with van der Waals surface area (Å²) in [5.74, 6) is -0.718. The Bertz CT molecular complexity index is 1070. The van der Waals surface area contributed by atoms with Crippen molar-refractivity contribution in [3.05, 3.63) is 48.3 Å². The summed E-state index contributed by atoms with van der Waals surface area (Å²) < 4.78 is 0. The molecule has 1 unspecified atom stereocenters. The second-order valence-corrected chi connectivity index (χ2v) is 7.03. The Balaban J connectivity index is 2.00. The number of nitrogens with one attached hydrogen (secondary N) is 1. The van der Waals surface area contributed by atoms with Crippen molar-refractivity contribution < 1.29 is 9.59 Å². The van der Waals surface area contributed by atoms with Crippen molar-refractivity contribution in [3.63, 3.8) is 0 Å². The lowest BCUT2D eigenvalue weighted by Crippen LogP contribution is -2.47. The van der Waals surface area contributed by atoms with Crippen LogP contribution < -0.4 is 21.7 Å². The predicted octanol–water partition coefficient (Wildman–Crippen LogP) is 1.81. The molecule has 0 aliphatic heterocycles. The largest absolute Gasteiger partial charge is 0.368 e. The molecule has 150 valence electrons. The van der Waals surface area contributed by atoms with Crippen LogP contribution in [0.2, 0.25) is 0 Å². The number of rotatable bonds is 7. The minimum absolute atomic E-state index is 0.0543. The monoisotopic (exact) mass is 393 g/mol. The molecule has 3 rings (SSSR count). The van der Waals surface area contributed by atoms with Gasteiger partial charge in [0.15, 0.2) is 0 Å². The maximum Gasteiger partial charge on any atom is 0.254 e. The number of amides is 2. The van der Waals surface area contributed by atoms with E-state index in [-0.39, 0.29) is 23.2 Å². The van der Waals surface area contributed by atoms with Gasteiger partial charge in [-0.15, -0.1) is 0 Å². The van der Waals surface area contributed by atoms with Gasteiger partial charge in [0.1, 0.15) is 17.4 Å². The van der Waals surface area contributed by atoms with E-state index in [0.717, 1.165) is 10.9 Å². The van der Waals surface area contributed by atoms with Crippen LogP contribution in [0.25, 0.3) is 10.9 Å². The Morgan fingerprint density at radius 2 is 1.90 bits per heavy atom. The average Bonchev–Trinajstić information content (AvgIpc) is 2.67. The highest BCUT2D eigenvalue weighted by Crippen LogP contribution is 2.24. The summed E-state index contributed by atoms with van der Waals surface area (Å²) in [7, 11) is 1.68. The van der Waals surface area contributed by atoms with Crippen LogP contribution in [0.4, 0.5) is 17.5 Å². The van der Waals surface area contributed by atoms with E-state index in [0.29, 0.717) is 5.69 Å². The zero-order valence-electron chi connectivity index (χ0n) is 16.5. The molecule has 1 atom stereocenters. The first-order valence-corrected chi connectivity index (χ1v) is 9.08. The van der Waals surface area contributed by atoms with Gasteiger partial charge in [-0.1, -0.05) is 19.9 Å². The van der Waals surface area contributed by atoms with Crippen molar-refractivity contribution in [1.29, 1.82) is 0 Å². The summed E-state index contributed by atoms with van der Waals surface area (Å²) in [5.41, 5.74) is 12.7. The standard InChI is InChI=1S/C20H23N7O2/c1-11(2)16(18(22)29)27(3)20-24-10-14(17(21)28)19(26-20)25-13-6-7-15-12(9-13)5-4-8-23-15/h4-11,16H,1-3H3,(H2,21,28)(H2,22,29)(H,24,25,26). The number of carbonyl (C=O) groups is 2. The summed E-state index contributed by atoms with van der Waals surface area (Å²) in [6.45, 7) is 3.76. The average molecular weight is 393 g/mol. The Morgan fingerprint density at radius 3 is 2.55 bits per heavy atom. The molecule has 2 heterocycles. The number of anilines is 3. The first-order chi connectivity index (χ1) is 13.8. The molecule has 0 saturated heterocycles. The maximum atomic E-state index is 11.9. The molecule has 1 aromatic carbocycles. The van der Waals surface area contributed by atoms with E-state index < -0.39 is 17.9 Å². The highest BCUT2D eigenvalue weighted by Gasteiger charge is 2.27. The number of pyridine rings is 1. The Morgan fingerprint density at radius 1 is 1.14 bits per heavy atom. The second kappa shape index (κ2) is 8.09. The van der Waals surface area contributed by atoms with Gasteiger partial charge in [-0.2, -0.15) is 4.98 Å². The molecule has 3 aromatic rings. The highest BCUT2D eigenvalue weighted by molar-refractivity contribution is 5.98. The molecule has 2 aromatic heterocycles. The molecule has 0 aliphatic carbocycles. The molecule has 0 radical (unpaired) electrons. The zero-order chi connectivity index (χ0) is 21.1. The minimum atomic E-state index is -0.667. The fraction of sp³-hybridized carbons (Fsp3) is 0.250. The van der Waals surface area contributed by atoms with Gasteiger partial charge in [-0.25, -0.2) is 4.98 Å². The second-order valence-electron chi connectivity index (χ2n) is 7.03. The number of fused-ring (bicyclic) bond motifs is 1. The van der Waals surface area contributed by atoms with Gasteiger partial charge in [0.2, 0.25) is 11.9 Å². The van der Waals surface area contributed by atoms with E-state index in [1.165, 1.54) is 6.20 Å². The van der Waals surface area contributed by atoms with E-state index >= 15 is 0 Å². The van der Waals surface area contributed by atoms with E-state index in [1.807, 2.05) is 44.2 Å². The third kappa shape index (κ3) is 4.23. The number of hydrogen-bond acceptors (Lipinski definition) is 7. The lowest BCUT2D eigenvalue weighted by Gasteiger charge is -2.28. The van der Waals surface area contributed by atoms with Crippen molar-refractivity contribution >= 4 is 40.2 Å². The van der Waals surface area contributed by atoms with E-state index in [1.54, 1.807) is 18.1 Å². The molecule has 0 fully saturated rings. The van der Waals surface area contributed by atoms with Crippen LogP contribution in [0, 0.1) is 5.92 Å². The third-order valence-corrected chi connectivity index (χ3v) is 4.56. The van der Waals surface area contributed by atoms with Crippen molar-refractivity contribution in [3.8, 4) is 0 Å². The summed E-state index contributed by atoms with van der Waals surface area (Å²) in [5, 5.41) is 4.04. The molecule has 9 heteroatoms. The summed E-state index contributed by atoms with van der Waals surface area (Å²) in [6, 6.07) is 8.74. The van der Waals surface area contributed by atoms with E-state index in [4.69, 9.17) is 11.5 Å². The van der Waals surface area contributed by atoms with Gasteiger partial charge in [-0.05, 0) is 30.2 Å². The van der Waals surface area contributed by atoms with Crippen LogP contribution in [-0.4, -0.2) is 39.9 Å². The van der Waals surface area contributed by atoms with Crippen molar-refractivity contribution in [2.75, 3.05) is 17.3 Å². The van der Waals surface area contributed by atoms with Gasteiger partial charge in [-0.3, -0.25) is 14.6 Å². The van der Waals surface area contributed by atoms with Gasteiger partial charge < -0.3 is 21.7 Å². The number of nitrogens with two attached hydrogens (primary N) is 2. The summed E-state index contributed by atoms with van der Waals surface area (Å²) in [6.07, 6.45) is 3.06. The smallest absolute Gasteiger partial charge is 0.254 e. The molecule has 0 saturated carbocycles. The molecule has 0 bridgehead atoms. The normalized spacial score (nSPS) is 12.0. The molecular weight excluding hydrogens is 370 g/mol. The number of primary amides is 2.